The van der Waals surface area contributed by atoms with Crippen molar-refractivity contribution in [2.45, 2.75) is 20.4 Å². The molecule has 1 aromatic heterocycles. The fraction of sp³-hybridized carbons (Fsp3) is 0.389. The standard InChI is InChI=1S/C18H22N4O3/c1-3-22-16(18(24)21-8-10-25-11-9-21)15(12-19-22)20-17(23)14-6-4-13(2)5-7-14/h4-7,12H,3,8-11H2,1-2H3,(H,20,23). The molecule has 3 rings (SSSR count). The Balaban J connectivity index is 1.84. The van der Waals surface area contributed by atoms with Gasteiger partial charge in [-0.1, -0.05) is 17.7 Å². The number of morpholine rings is 1. The number of hydrogen-bond donors (Lipinski definition) is 1. The van der Waals surface area contributed by atoms with E-state index in [4.69, 9.17) is 4.74 Å². The van der Waals surface area contributed by atoms with Gasteiger partial charge in [0.2, 0.25) is 0 Å². The van der Waals surface area contributed by atoms with Crippen LogP contribution in [0.5, 0.6) is 0 Å². The average molecular weight is 342 g/mol. The molecule has 2 amide bonds. The number of nitrogens with one attached hydrogen (secondary N) is 1. The molecular weight excluding hydrogens is 320 g/mol. The fourth-order valence-corrected chi connectivity index (χ4v) is 2.76. The first-order valence-electron chi connectivity index (χ1n) is 8.41. The van der Waals surface area contributed by atoms with Crippen LogP contribution in [0.15, 0.2) is 30.5 Å². The second-order valence-corrected chi connectivity index (χ2v) is 5.95. The molecule has 0 radical (unpaired) electrons. The number of amides is 2. The van der Waals surface area contributed by atoms with E-state index in [0.717, 1.165) is 5.56 Å². The van der Waals surface area contributed by atoms with Gasteiger partial charge < -0.3 is 15.0 Å². The smallest absolute Gasteiger partial charge is 0.274 e. The molecule has 0 aliphatic carbocycles. The van der Waals surface area contributed by atoms with Crippen LogP contribution in [0.1, 0.15) is 33.3 Å². The third-order valence-electron chi connectivity index (χ3n) is 4.20. The topological polar surface area (TPSA) is 76.5 Å². The number of nitrogens with zero attached hydrogens (tertiary/aromatic N) is 3. The Morgan fingerprint density at radius 1 is 1.20 bits per heavy atom. The van der Waals surface area contributed by atoms with Gasteiger partial charge in [0, 0.05) is 25.2 Å². The maximum Gasteiger partial charge on any atom is 0.274 e. The summed E-state index contributed by atoms with van der Waals surface area (Å²) in [7, 11) is 0. The van der Waals surface area contributed by atoms with E-state index >= 15 is 0 Å². The molecule has 25 heavy (non-hydrogen) atoms. The van der Waals surface area contributed by atoms with E-state index in [1.165, 1.54) is 6.20 Å². The fourth-order valence-electron chi connectivity index (χ4n) is 2.76. The molecule has 2 heterocycles. The number of benzene rings is 1. The van der Waals surface area contributed by atoms with Crippen molar-refractivity contribution in [3.63, 3.8) is 0 Å². The van der Waals surface area contributed by atoms with Gasteiger partial charge in [0.25, 0.3) is 11.8 Å². The highest BCUT2D eigenvalue weighted by Gasteiger charge is 2.26. The summed E-state index contributed by atoms with van der Waals surface area (Å²) in [5.41, 5.74) is 2.46. The minimum atomic E-state index is -0.258. The van der Waals surface area contributed by atoms with Crippen LogP contribution in [-0.2, 0) is 11.3 Å². The highest BCUT2D eigenvalue weighted by atomic mass is 16.5. The van der Waals surface area contributed by atoms with Crippen molar-refractivity contribution < 1.29 is 14.3 Å². The lowest BCUT2D eigenvalue weighted by Crippen LogP contribution is -2.41. The van der Waals surface area contributed by atoms with E-state index in [2.05, 4.69) is 10.4 Å². The van der Waals surface area contributed by atoms with Crippen LogP contribution in [0.2, 0.25) is 0 Å². The number of carbonyl (C=O) groups is 2. The number of aryl methyl sites for hydroxylation is 2. The molecule has 2 aromatic rings. The van der Waals surface area contributed by atoms with E-state index in [0.29, 0.717) is 49.8 Å². The first-order chi connectivity index (χ1) is 12.1. The van der Waals surface area contributed by atoms with Gasteiger partial charge in [-0.05, 0) is 26.0 Å². The molecule has 1 aliphatic heterocycles. The normalized spacial score (nSPS) is 14.4. The van der Waals surface area contributed by atoms with Gasteiger partial charge in [-0.2, -0.15) is 5.10 Å². The molecule has 7 nitrogen and oxygen atoms in total. The summed E-state index contributed by atoms with van der Waals surface area (Å²) in [6, 6.07) is 7.28. The molecule has 1 aromatic carbocycles. The van der Waals surface area contributed by atoms with Crippen molar-refractivity contribution in [3.05, 3.63) is 47.3 Å². The van der Waals surface area contributed by atoms with Gasteiger partial charge in [-0.15, -0.1) is 0 Å². The number of aromatic nitrogens is 2. The van der Waals surface area contributed by atoms with E-state index in [-0.39, 0.29) is 11.8 Å². The minimum absolute atomic E-state index is 0.137. The molecule has 7 heteroatoms. The zero-order valence-electron chi connectivity index (χ0n) is 14.5. The second-order valence-electron chi connectivity index (χ2n) is 5.95. The summed E-state index contributed by atoms with van der Waals surface area (Å²) in [4.78, 5) is 27.1. The number of ether oxygens (including phenoxy) is 1. The monoisotopic (exact) mass is 342 g/mol. The first-order valence-corrected chi connectivity index (χ1v) is 8.41. The van der Waals surface area contributed by atoms with Crippen LogP contribution in [0.25, 0.3) is 0 Å². The molecule has 0 unspecified atom stereocenters. The van der Waals surface area contributed by atoms with Crippen LogP contribution in [0, 0.1) is 6.92 Å². The molecule has 1 fully saturated rings. The summed E-state index contributed by atoms with van der Waals surface area (Å²) in [5.74, 6) is -0.395. The predicted octanol–water partition coefficient (Wildman–Crippen LogP) is 1.94. The third-order valence-corrected chi connectivity index (χ3v) is 4.20. The Morgan fingerprint density at radius 2 is 1.88 bits per heavy atom. The van der Waals surface area contributed by atoms with Crippen molar-refractivity contribution in [2.24, 2.45) is 0 Å². The lowest BCUT2D eigenvalue weighted by Gasteiger charge is -2.27. The van der Waals surface area contributed by atoms with E-state index in [9.17, 15) is 9.59 Å². The number of anilines is 1. The Hall–Kier alpha value is -2.67. The van der Waals surface area contributed by atoms with Crippen LogP contribution >= 0.6 is 0 Å². The zero-order chi connectivity index (χ0) is 17.8. The highest BCUT2D eigenvalue weighted by molar-refractivity contribution is 6.08. The van der Waals surface area contributed by atoms with E-state index in [1.54, 1.807) is 21.7 Å². The Bertz CT molecular complexity index is 761. The van der Waals surface area contributed by atoms with Crippen molar-refractivity contribution in [3.8, 4) is 0 Å². The van der Waals surface area contributed by atoms with Gasteiger partial charge in [-0.25, -0.2) is 0 Å². The maximum atomic E-state index is 12.9. The van der Waals surface area contributed by atoms with Crippen LogP contribution < -0.4 is 5.32 Å². The van der Waals surface area contributed by atoms with E-state index < -0.39 is 0 Å². The highest BCUT2D eigenvalue weighted by Crippen LogP contribution is 2.19. The summed E-state index contributed by atoms with van der Waals surface area (Å²) in [6.07, 6.45) is 1.53. The van der Waals surface area contributed by atoms with Crippen LogP contribution in [0.3, 0.4) is 0 Å². The zero-order valence-corrected chi connectivity index (χ0v) is 14.5. The summed E-state index contributed by atoms with van der Waals surface area (Å²) in [6.45, 7) is 6.55. The first kappa shape index (κ1) is 17.2. The van der Waals surface area contributed by atoms with Gasteiger partial charge in [0.15, 0.2) is 0 Å². The molecule has 132 valence electrons. The molecule has 0 saturated carbocycles. The molecule has 0 atom stereocenters. The molecule has 1 aliphatic rings. The predicted molar refractivity (Wildman–Crippen MR) is 93.8 cm³/mol. The molecule has 0 spiro atoms. The quantitative estimate of drug-likeness (QED) is 0.921. The van der Waals surface area contributed by atoms with Crippen molar-refractivity contribution in [2.75, 3.05) is 31.6 Å². The van der Waals surface area contributed by atoms with E-state index in [1.807, 2.05) is 26.0 Å². The summed E-state index contributed by atoms with van der Waals surface area (Å²) < 4.78 is 6.91. The van der Waals surface area contributed by atoms with Gasteiger partial charge in [0.05, 0.1) is 25.1 Å². The largest absolute Gasteiger partial charge is 0.378 e. The molecule has 0 bridgehead atoms. The summed E-state index contributed by atoms with van der Waals surface area (Å²) in [5, 5.41) is 7.05. The van der Waals surface area contributed by atoms with Gasteiger partial charge >= 0.3 is 0 Å². The lowest BCUT2D eigenvalue weighted by molar-refractivity contribution is 0.0295. The van der Waals surface area contributed by atoms with Crippen molar-refractivity contribution in [1.29, 1.82) is 0 Å². The molecule has 1 N–H and O–H groups in total. The SMILES string of the molecule is CCn1ncc(NC(=O)c2ccc(C)cc2)c1C(=O)N1CCOCC1. The Kier molecular flexibility index (Phi) is 5.14. The Morgan fingerprint density at radius 3 is 2.52 bits per heavy atom. The van der Waals surface area contributed by atoms with Gasteiger partial charge in [-0.3, -0.25) is 14.3 Å². The van der Waals surface area contributed by atoms with Crippen molar-refractivity contribution in [1.82, 2.24) is 14.7 Å². The number of hydrogen-bond acceptors (Lipinski definition) is 4. The second kappa shape index (κ2) is 7.48. The third kappa shape index (κ3) is 3.71. The van der Waals surface area contributed by atoms with Crippen molar-refractivity contribution >= 4 is 17.5 Å². The maximum absolute atomic E-state index is 12.9. The summed E-state index contributed by atoms with van der Waals surface area (Å²) >= 11 is 0. The van der Waals surface area contributed by atoms with Gasteiger partial charge in [0.1, 0.15) is 5.69 Å². The van der Waals surface area contributed by atoms with Crippen LogP contribution in [-0.4, -0.2) is 52.8 Å². The van der Waals surface area contributed by atoms with Crippen LogP contribution in [0.4, 0.5) is 5.69 Å². The minimum Gasteiger partial charge on any atom is -0.378 e. The lowest BCUT2D eigenvalue weighted by atomic mass is 10.1. The number of rotatable bonds is 4. The molecule has 1 saturated heterocycles. The number of carbonyl (C=O) groups excluding carboxylic acids is 2. The molecular formula is C18H22N4O3. The average Bonchev–Trinajstić information content (AvgIpc) is 3.05. The Labute approximate surface area is 146 Å².